The van der Waals surface area contributed by atoms with E-state index in [4.69, 9.17) is 4.74 Å². The van der Waals surface area contributed by atoms with E-state index in [-0.39, 0.29) is 5.97 Å². The van der Waals surface area contributed by atoms with E-state index in [9.17, 15) is 4.79 Å². The van der Waals surface area contributed by atoms with E-state index in [0.29, 0.717) is 19.2 Å². The van der Waals surface area contributed by atoms with E-state index in [1.807, 2.05) is 6.92 Å². The molecule has 0 aliphatic heterocycles. The third kappa shape index (κ3) is 2.81. The molecule has 0 N–H and O–H groups in total. The van der Waals surface area contributed by atoms with E-state index >= 15 is 0 Å². The first kappa shape index (κ1) is 9.52. The van der Waals surface area contributed by atoms with Crippen molar-refractivity contribution in [3.8, 4) is 0 Å². The first-order valence-electron chi connectivity index (χ1n) is 4.67. The number of carbonyl (C=O) groups excluding carboxylic acids is 1. The number of rotatable bonds is 5. The topological polar surface area (TPSA) is 29.5 Å². The summed E-state index contributed by atoms with van der Waals surface area (Å²) >= 11 is 0. The van der Waals surface area contributed by atoms with Crippen molar-refractivity contribution in [3.63, 3.8) is 0 Å². The molecule has 1 aliphatic carbocycles. The summed E-state index contributed by atoms with van der Waals surface area (Å²) < 4.78 is 4.87. The van der Waals surface area contributed by atoms with Crippen LogP contribution < -0.4 is 0 Å². The van der Waals surface area contributed by atoms with Crippen molar-refractivity contribution in [2.45, 2.75) is 32.7 Å². The fourth-order valence-electron chi connectivity index (χ4n) is 1.31. The van der Waals surface area contributed by atoms with Crippen LogP contribution in [0.25, 0.3) is 0 Å². The third-order valence-electron chi connectivity index (χ3n) is 2.11. The van der Waals surface area contributed by atoms with Gasteiger partial charge in [0.15, 0.2) is 0 Å². The molecule has 1 fully saturated rings. The molecular formula is C9H17NO2. The van der Waals surface area contributed by atoms with Gasteiger partial charge in [-0.3, -0.25) is 9.69 Å². The lowest BCUT2D eigenvalue weighted by molar-refractivity contribution is -0.144. The van der Waals surface area contributed by atoms with Crippen molar-refractivity contribution >= 4 is 5.97 Å². The van der Waals surface area contributed by atoms with Crippen LogP contribution in [0.15, 0.2) is 0 Å². The molecule has 1 aliphatic rings. The maximum atomic E-state index is 11.1. The van der Waals surface area contributed by atoms with Crippen molar-refractivity contribution in [1.29, 1.82) is 0 Å². The summed E-state index contributed by atoms with van der Waals surface area (Å²) in [5.74, 6) is -0.0914. The first-order valence-corrected chi connectivity index (χ1v) is 4.67. The van der Waals surface area contributed by atoms with Gasteiger partial charge in [-0.1, -0.05) is 6.92 Å². The molecule has 0 bridgehead atoms. The van der Waals surface area contributed by atoms with Crippen molar-refractivity contribution < 1.29 is 9.53 Å². The molecule has 0 unspecified atom stereocenters. The minimum atomic E-state index is -0.0914. The lowest BCUT2D eigenvalue weighted by Gasteiger charge is -2.17. The monoisotopic (exact) mass is 171 g/mol. The molecule has 0 spiro atoms. The summed E-state index contributed by atoms with van der Waals surface area (Å²) in [6.45, 7) is 5.82. The Kier molecular flexibility index (Phi) is 3.53. The van der Waals surface area contributed by atoms with E-state index in [2.05, 4.69) is 11.8 Å². The number of hydrogen-bond donors (Lipinski definition) is 0. The molecule has 1 rings (SSSR count). The van der Waals surface area contributed by atoms with E-state index in [1.54, 1.807) is 0 Å². The maximum Gasteiger partial charge on any atom is 0.320 e. The van der Waals surface area contributed by atoms with Gasteiger partial charge in [0.05, 0.1) is 13.2 Å². The number of nitrogens with zero attached hydrogens (tertiary/aromatic N) is 1. The lowest BCUT2D eigenvalue weighted by atomic mass is 10.4. The van der Waals surface area contributed by atoms with E-state index in [1.165, 1.54) is 12.8 Å². The molecule has 12 heavy (non-hydrogen) atoms. The van der Waals surface area contributed by atoms with Gasteiger partial charge in [0.25, 0.3) is 0 Å². The molecule has 0 amide bonds. The minimum absolute atomic E-state index is 0.0914. The Morgan fingerprint density at radius 3 is 2.58 bits per heavy atom. The number of ether oxygens (including phenoxy) is 1. The summed E-state index contributed by atoms with van der Waals surface area (Å²) in [6, 6.07) is 0.652. The molecule has 0 saturated heterocycles. The van der Waals surface area contributed by atoms with Crippen molar-refractivity contribution in [2.75, 3.05) is 19.7 Å². The number of hydrogen-bond acceptors (Lipinski definition) is 3. The predicted molar refractivity (Wildman–Crippen MR) is 46.9 cm³/mol. The summed E-state index contributed by atoms with van der Waals surface area (Å²) in [6.07, 6.45) is 2.49. The lowest BCUT2D eigenvalue weighted by Crippen LogP contribution is -2.32. The zero-order valence-corrected chi connectivity index (χ0v) is 7.88. The van der Waals surface area contributed by atoms with Crippen LogP contribution in [0.1, 0.15) is 26.7 Å². The molecule has 0 heterocycles. The Morgan fingerprint density at radius 2 is 2.17 bits per heavy atom. The van der Waals surface area contributed by atoms with Gasteiger partial charge in [-0.2, -0.15) is 0 Å². The van der Waals surface area contributed by atoms with Gasteiger partial charge in [0.2, 0.25) is 0 Å². The Morgan fingerprint density at radius 1 is 1.50 bits per heavy atom. The van der Waals surface area contributed by atoms with Gasteiger partial charge in [0.1, 0.15) is 0 Å². The fraction of sp³-hybridized carbons (Fsp3) is 0.889. The van der Waals surface area contributed by atoms with Gasteiger partial charge in [-0.05, 0) is 26.3 Å². The highest BCUT2D eigenvalue weighted by Crippen LogP contribution is 2.26. The quantitative estimate of drug-likeness (QED) is 0.579. The molecule has 0 radical (unpaired) electrons. The molecule has 0 aromatic rings. The van der Waals surface area contributed by atoms with Crippen LogP contribution in [0.2, 0.25) is 0 Å². The summed E-state index contributed by atoms with van der Waals surface area (Å²) in [5, 5.41) is 0. The van der Waals surface area contributed by atoms with Crippen LogP contribution in [0.5, 0.6) is 0 Å². The van der Waals surface area contributed by atoms with E-state index < -0.39 is 0 Å². The summed E-state index contributed by atoms with van der Waals surface area (Å²) in [4.78, 5) is 13.3. The van der Waals surface area contributed by atoms with Gasteiger partial charge < -0.3 is 4.74 Å². The Bertz CT molecular complexity index is 155. The Balaban J connectivity index is 2.21. The molecule has 1 saturated carbocycles. The SMILES string of the molecule is CCOC(=O)CN(CC)C1CC1. The second-order valence-electron chi connectivity index (χ2n) is 3.10. The highest BCUT2D eigenvalue weighted by atomic mass is 16.5. The smallest absolute Gasteiger partial charge is 0.320 e. The maximum absolute atomic E-state index is 11.1. The zero-order chi connectivity index (χ0) is 8.97. The van der Waals surface area contributed by atoms with E-state index in [0.717, 1.165) is 6.54 Å². The van der Waals surface area contributed by atoms with Crippen molar-refractivity contribution in [3.05, 3.63) is 0 Å². The predicted octanol–water partition coefficient (Wildman–Crippen LogP) is 1.03. The Hall–Kier alpha value is -0.570. The third-order valence-corrected chi connectivity index (χ3v) is 2.11. The molecule has 0 aromatic carbocycles. The zero-order valence-electron chi connectivity index (χ0n) is 7.88. The number of likely N-dealkylation sites (N-methyl/N-ethyl adjacent to an activating group) is 1. The van der Waals surface area contributed by atoms with Gasteiger partial charge >= 0.3 is 5.97 Å². The van der Waals surface area contributed by atoms with Crippen LogP contribution in [-0.4, -0.2) is 36.6 Å². The van der Waals surface area contributed by atoms with Crippen LogP contribution in [0.4, 0.5) is 0 Å². The Labute approximate surface area is 73.7 Å². The largest absolute Gasteiger partial charge is 0.465 e. The van der Waals surface area contributed by atoms with Crippen molar-refractivity contribution in [1.82, 2.24) is 4.90 Å². The normalized spacial score (nSPS) is 16.6. The number of esters is 1. The van der Waals surface area contributed by atoms with Crippen LogP contribution in [0.3, 0.4) is 0 Å². The van der Waals surface area contributed by atoms with Crippen molar-refractivity contribution in [2.24, 2.45) is 0 Å². The van der Waals surface area contributed by atoms with Gasteiger partial charge in [0, 0.05) is 6.04 Å². The number of carbonyl (C=O) groups is 1. The summed E-state index contributed by atoms with van der Waals surface area (Å²) in [7, 11) is 0. The summed E-state index contributed by atoms with van der Waals surface area (Å²) in [5.41, 5.74) is 0. The van der Waals surface area contributed by atoms with Crippen LogP contribution in [0, 0.1) is 0 Å². The minimum Gasteiger partial charge on any atom is -0.465 e. The highest BCUT2D eigenvalue weighted by Gasteiger charge is 2.29. The second kappa shape index (κ2) is 4.45. The van der Waals surface area contributed by atoms with Gasteiger partial charge in [-0.25, -0.2) is 0 Å². The van der Waals surface area contributed by atoms with Crippen LogP contribution in [-0.2, 0) is 9.53 Å². The van der Waals surface area contributed by atoms with Gasteiger partial charge in [-0.15, -0.1) is 0 Å². The molecule has 3 heteroatoms. The fourth-order valence-corrected chi connectivity index (χ4v) is 1.31. The molecule has 0 aromatic heterocycles. The highest BCUT2D eigenvalue weighted by molar-refractivity contribution is 5.71. The second-order valence-corrected chi connectivity index (χ2v) is 3.10. The standard InChI is InChI=1S/C9H17NO2/c1-3-10(8-5-6-8)7-9(11)12-4-2/h8H,3-7H2,1-2H3. The van der Waals surface area contributed by atoms with Crippen LogP contribution >= 0.6 is 0 Å². The molecule has 3 nitrogen and oxygen atoms in total. The molecule has 0 atom stereocenters. The molecule has 70 valence electrons. The molecular weight excluding hydrogens is 154 g/mol. The average molecular weight is 171 g/mol. The average Bonchev–Trinajstić information content (AvgIpc) is 2.83. The first-order chi connectivity index (χ1) is 5.77.